The number of carbonyl (C=O) groups excluding carboxylic acids is 1. The van der Waals surface area contributed by atoms with Gasteiger partial charge >= 0.3 is 0 Å². The Labute approximate surface area is 114 Å². The molecule has 2 unspecified atom stereocenters. The van der Waals surface area contributed by atoms with Crippen molar-refractivity contribution in [2.45, 2.75) is 44.1 Å². The van der Waals surface area contributed by atoms with Crippen molar-refractivity contribution in [1.82, 2.24) is 5.32 Å². The first-order valence-corrected chi connectivity index (χ1v) is 7.40. The molecule has 3 aliphatic rings. The first-order chi connectivity index (χ1) is 9.25. The van der Waals surface area contributed by atoms with Crippen LogP contribution in [0.5, 0.6) is 0 Å². The Hall–Kier alpha value is -1.35. The van der Waals surface area contributed by atoms with E-state index in [1.54, 1.807) is 6.92 Å². The van der Waals surface area contributed by atoms with Crippen LogP contribution in [0.4, 0.5) is 5.69 Å². The van der Waals surface area contributed by atoms with Gasteiger partial charge in [0.1, 0.15) is 0 Å². The molecule has 2 aliphatic heterocycles. The van der Waals surface area contributed by atoms with Crippen LogP contribution in [0.3, 0.4) is 0 Å². The minimum absolute atomic E-state index is 0.179. The summed E-state index contributed by atoms with van der Waals surface area (Å²) in [6.07, 6.45) is 3.76. The van der Waals surface area contributed by atoms with Gasteiger partial charge in [0.25, 0.3) is 0 Å². The van der Waals surface area contributed by atoms with E-state index in [1.807, 2.05) is 4.90 Å². The molecule has 0 radical (unpaired) electrons. The smallest absolute Gasteiger partial charge is 0.223 e. The van der Waals surface area contributed by atoms with Crippen molar-refractivity contribution in [3.05, 3.63) is 29.3 Å². The van der Waals surface area contributed by atoms with Crippen LogP contribution in [-0.2, 0) is 4.79 Å². The van der Waals surface area contributed by atoms with Crippen LogP contribution in [0.15, 0.2) is 18.2 Å². The molecule has 0 spiro atoms. The summed E-state index contributed by atoms with van der Waals surface area (Å²) in [6, 6.07) is 7.16. The lowest BCUT2D eigenvalue weighted by molar-refractivity contribution is -0.116. The van der Waals surface area contributed by atoms with E-state index < -0.39 is 0 Å². The fraction of sp³-hybridized carbons (Fsp3) is 0.562. The lowest BCUT2D eigenvalue weighted by Gasteiger charge is -2.40. The topological polar surface area (TPSA) is 32.3 Å². The van der Waals surface area contributed by atoms with Crippen LogP contribution in [0.2, 0.25) is 0 Å². The van der Waals surface area contributed by atoms with Gasteiger partial charge in [-0.1, -0.05) is 12.1 Å². The summed E-state index contributed by atoms with van der Waals surface area (Å²) in [6.45, 7) is 3.72. The molecule has 1 fully saturated rings. The van der Waals surface area contributed by atoms with Crippen molar-refractivity contribution < 1.29 is 4.79 Å². The predicted molar refractivity (Wildman–Crippen MR) is 75.6 cm³/mol. The Morgan fingerprint density at radius 3 is 3.16 bits per heavy atom. The van der Waals surface area contributed by atoms with Crippen LogP contribution in [0.25, 0.3) is 0 Å². The molecule has 0 bridgehead atoms. The fourth-order valence-electron chi connectivity index (χ4n) is 4.35. The number of fused-ring (bicyclic) bond motifs is 2. The van der Waals surface area contributed by atoms with Gasteiger partial charge < -0.3 is 10.2 Å². The monoisotopic (exact) mass is 256 g/mol. The first kappa shape index (κ1) is 11.5. The largest absolute Gasteiger partial charge is 0.313 e. The Balaban J connectivity index is 1.84. The third kappa shape index (κ3) is 1.57. The molecular weight excluding hydrogens is 236 g/mol. The minimum Gasteiger partial charge on any atom is -0.313 e. The number of carbonyl (C=O) groups is 1. The van der Waals surface area contributed by atoms with Gasteiger partial charge in [0.15, 0.2) is 0 Å². The number of hydrogen-bond acceptors (Lipinski definition) is 2. The van der Waals surface area contributed by atoms with Crippen molar-refractivity contribution in [2.24, 2.45) is 0 Å². The van der Waals surface area contributed by atoms with E-state index in [9.17, 15) is 4.79 Å². The summed E-state index contributed by atoms with van der Waals surface area (Å²) < 4.78 is 0. The molecule has 3 nitrogen and oxygen atoms in total. The van der Waals surface area contributed by atoms with Gasteiger partial charge in [0, 0.05) is 31.1 Å². The Kier molecular flexibility index (Phi) is 2.46. The van der Waals surface area contributed by atoms with E-state index >= 15 is 0 Å². The zero-order valence-electron chi connectivity index (χ0n) is 11.4. The first-order valence-electron chi connectivity index (χ1n) is 7.40. The Bertz CT molecular complexity index is 540. The Morgan fingerprint density at radius 2 is 2.32 bits per heavy atom. The van der Waals surface area contributed by atoms with Crippen molar-refractivity contribution in [2.75, 3.05) is 18.0 Å². The predicted octanol–water partition coefficient (Wildman–Crippen LogP) is 2.38. The Morgan fingerprint density at radius 1 is 1.42 bits per heavy atom. The maximum absolute atomic E-state index is 11.8. The van der Waals surface area contributed by atoms with Gasteiger partial charge in [0.2, 0.25) is 5.91 Å². The number of anilines is 1. The highest BCUT2D eigenvalue weighted by atomic mass is 16.2. The number of piperidine rings is 1. The summed E-state index contributed by atoms with van der Waals surface area (Å²) in [5.74, 6) is 1.38. The molecule has 3 heteroatoms. The highest BCUT2D eigenvalue weighted by Crippen LogP contribution is 2.50. The van der Waals surface area contributed by atoms with E-state index in [4.69, 9.17) is 0 Å². The number of rotatable bonds is 0. The molecule has 1 aromatic rings. The summed E-state index contributed by atoms with van der Waals surface area (Å²) in [7, 11) is 0. The summed E-state index contributed by atoms with van der Waals surface area (Å²) >= 11 is 0. The molecule has 1 aliphatic carbocycles. The van der Waals surface area contributed by atoms with E-state index in [2.05, 4.69) is 23.5 Å². The zero-order valence-corrected chi connectivity index (χ0v) is 11.4. The second-order valence-corrected chi connectivity index (χ2v) is 6.15. The van der Waals surface area contributed by atoms with Crippen LogP contribution < -0.4 is 10.2 Å². The van der Waals surface area contributed by atoms with E-state index in [1.165, 1.54) is 36.1 Å². The standard InChI is InChI=1S/C16H20N2O/c1-10(19)18-9-11-8-14-12(5-3-7-17-14)13-4-2-6-15(18)16(11)13/h2,4,6,11-12,14,17H,3,5,7-9H2,1H3/t11?,12?,14-/m1/s1. The van der Waals surface area contributed by atoms with Crippen LogP contribution in [-0.4, -0.2) is 25.0 Å². The van der Waals surface area contributed by atoms with Crippen molar-refractivity contribution in [3.63, 3.8) is 0 Å². The molecule has 0 aromatic heterocycles. The maximum Gasteiger partial charge on any atom is 0.223 e. The zero-order chi connectivity index (χ0) is 13.0. The number of hydrogen-bond donors (Lipinski definition) is 1. The van der Waals surface area contributed by atoms with Crippen LogP contribution in [0.1, 0.15) is 49.1 Å². The summed E-state index contributed by atoms with van der Waals surface area (Å²) in [5.41, 5.74) is 4.16. The molecule has 3 atom stereocenters. The molecule has 19 heavy (non-hydrogen) atoms. The van der Waals surface area contributed by atoms with Crippen molar-refractivity contribution >= 4 is 11.6 Å². The van der Waals surface area contributed by atoms with Crippen LogP contribution in [0, 0.1) is 0 Å². The second kappa shape index (κ2) is 4.07. The molecule has 1 N–H and O–H groups in total. The average Bonchev–Trinajstić information content (AvgIpc) is 2.80. The lowest BCUT2D eigenvalue weighted by Crippen LogP contribution is -2.43. The average molecular weight is 256 g/mol. The lowest BCUT2D eigenvalue weighted by atomic mass is 9.71. The summed E-state index contributed by atoms with van der Waals surface area (Å²) in [4.78, 5) is 13.8. The highest BCUT2D eigenvalue weighted by Gasteiger charge is 2.42. The van der Waals surface area contributed by atoms with Gasteiger partial charge in [0.05, 0.1) is 0 Å². The third-order valence-corrected chi connectivity index (χ3v) is 5.12. The second-order valence-electron chi connectivity index (χ2n) is 6.15. The minimum atomic E-state index is 0.179. The molecule has 1 saturated heterocycles. The highest BCUT2D eigenvalue weighted by molar-refractivity contribution is 5.94. The molecule has 100 valence electrons. The van der Waals surface area contributed by atoms with Crippen molar-refractivity contribution in [1.29, 1.82) is 0 Å². The van der Waals surface area contributed by atoms with Crippen LogP contribution >= 0.6 is 0 Å². The fourth-order valence-corrected chi connectivity index (χ4v) is 4.35. The van der Waals surface area contributed by atoms with Gasteiger partial charge in [-0.05, 0) is 48.9 Å². The van der Waals surface area contributed by atoms with Gasteiger partial charge in [-0.15, -0.1) is 0 Å². The van der Waals surface area contributed by atoms with Gasteiger partial charge in [-0.25, -0.2) is 0 Å². The van der Waals surface area contributed by atoms with E-state index in [0.29, 0.717) is 17.9 Å². The van der Waals surface area contributed by atoms with E-state index in [-0.39, 0.29) is 5.91 Å². The van der Waals surface area contributed by atoms with E-state index in [0.717, 1.165) is 13.1 Å². The molecule has 0 saturated carbocycles. The normalized spacial score (nSPS) is 31.8. The summed E-state index contributed by atoms with van der Waals surface area (Å²) in [5, 5.41) is 3.69. The number of benzene rings is 1. The molecule has 2 heterocycles. The quantitative estimate of drug-likeness (QED) is 0.773. The number of nitrogens with one attached hydrogen (secondary N) is 1. The van der Waals surface area contributed by atoms with Gasteiger partial charge in [-0.2, -0.15) is 0 Å². The SMILES string of the molecule is CC(=O)N1CC2C[C@H]3NCCCC3c3cccc1c32. The molecule has 1 amide bonds. The number of nitrogens with zero attached hydrogens (tertiary/aromatic N) is 1. The number of amides is 1. The van der Waals surface area contributed by atoms with Gasteiger partial charge in [-0.3, -0.25) is 4.79 Å². The van der Waals surface area contributed by atoms with Crippen molar-refractivity contribution in [3.8, 4) is 0 Å². The molecular formula is C16H20N2O. The third-order valence-electron chi connectivity index (χ3n) is 5.12. The molecule has 1 aromatic carbocycles. The molecule has 4 rings (SSSR count). The maximum atomic E-state index is 11.8.